The number of pyridine rings is 1. The van der Waals surface area contributed by atoms with Crippen molar-refractivity contribution in [3.05, 3.63) is 79.0 Å². The van der Waals surface area contributed by atoms with Crippen molar-refractivity contribution >= 4 is 34.0 Å². The Morgan fingerprint density at radius 3 is 2.65 bits per heavy atom. The molecule has 0 atom stereocenters. The van der Waals surface area contributed by atoms with E-state index in [0.29, 0.717) is 54.8 Å². The van der Waals surface area contributed by atoms with Gasteiger partial charge in [-0.15, -0.1) is 0 Å². The second kappa shape index (κ2) is 12.1. The van der Waals surface area contributed by atoms with Gasteiger partial charge in [0.1, 0.15) is 41.8 Å². The molecule has 0 radical (unpaired) electrons. The highest BCUT2D eigenvalue weighted by molar-refractivity contribution is 6.03. The molecule has 1 aliphatic rings. The summed E-state index contributed by atoms with van der Waals surface area (Å²) in [6.45, 7) is 7.49. The van der Waals surface area contributed by atoms with E-state index < -0.39 is 23.4 Å². The summed E-state index contributed by atoms with van der Waals surface area (Å²) in [4.78, 5) is 26.7. The SMILES string of the molecule is C=CC(=O)Nc1cc2c(Nc3cc(-c4ncc(F)cc4F)ccc3F)ncnc2cc1OCCN1CCOCC1. The van der Waals surface area contributed by atoms with Crippen molar-refractivity contribution in [3.63, 3.8) is 0 Å². The Labute approximate surface area is 227 Å². The average molecular weight is 551 g/mol. The predicted molar refractivity (Wildman–Crippen MR) is 144 cm³/mol. The first kappa shape index (κ1) is 27.0. The molecule has 40 heavy (non-hydrogen) atoms. The van der Waals surface area contributed by atoms with Crippen molar-refractivity contribution in [3.8, 4) is 17.0 Å². The van der Waals surface area contributed by atoms with Crippen molar-refractivity contribution in [2.75, 3.05) is 50.1 Å². The van der Waals surface area contributed by atoms with E-state index in [1.54, 1.807) is 12.1 Å². The third-order valence-corrected chi connectivity index (χ3v) is 6.25. The minimum atomic E-state index is -0.881. The van der Waals surface area contributed by atoms with Crippen molar-refractivity contribution in [2.24, 2.45) is 0 Å². The Morgan fingerprint density at radius 1 is 1.05 bits per heavy atom. The van der Waals surface area contributed by atoms with Gasteiger partial charge in [-0.2, -0.15) is 0 Å². The molecule has 1 amide bonds. The number of carbonyl (C=O) groups excluding carboxylic acids is 1. The molecule has 1 aliphatic heterocycles. The van der Waals surface area contributed by atoms with Crippen molar-refractivity contribution in [2.45, 2.75) is 0 Å². The molecule has 0 aliphatic carbocycles. The third-order valence-electron chi connectivity index (χ3n) is 6.25. The zero-order valence-electron chi connectivity index (χ0n) is 21.3. The summed E-state index contributed by atoms with van der Waals surface area (Å²) in [5, 5.41) is 6.10. The van der Waals surface area contributed by atoms with Crippen molar-refractivity contribution in [1.82, 2.24) is 19.9 Å². The molecule has 3 heterocycles. The van der Waals surface area contributed by atoms with Crippen LogP contribution >= 0.6 is 0 Å². The van der Waals surface area contributed by atoms with Gasteiger partial charge in [0.2, 0.25) is 5.91 Å². The Bertz CT molecular complexity index is 1560. The van der Waals surface area contributed by atoms with Crippen LogP contribution in [0.25, 0.3) is 22.2 Å². The van der Waals surface area contributed by atoms with Gasteiger partial charge in [-0.25, -0.2) is 23.1 Å². The second-order valence-electron chi connectivity index (χ2n) is 8.89. The van der Waals surface area contributed by atoms with Crippen LogP contribution in [0.5, 0.6) is 5.75 Å². The van der Waals surface area contributed by atoms with Gasteiger partial charge in [-0.05, 0) is 30.3 Å². The number of nitrogens with one attached hydrogen (secondary N) is 2. The molecule has 206 valence electrons. The lowest BCUT2D eigenvalue weighted by Crippen LogP contribution is -2.38. The average Bonchev–Trinajstić information content (AvgIpc) is 2.95. The van der Waals surface area contributed by atoms with Crippen LogP contribution in [0.4, 0.5) is 30.4 Å². The maximum atomic E-state index is 14.8. The number of ether oxygens (including phenoxy) is 2. The first-order valence-corrected chi connectivity index (χ1v) is 12.4. The quantitative estimate of drug-likeness (QED) is 0.290. The van der Waals surface area contributed by atoms with E-state index in [1.165, 1.54) is 18.5 Å². The zero-order chi connectivity index (χ0) is 28.1. The van der Waals surface area contributed by atoms with Gasteiger partial charge in [0.25, 0.3) is 0 Å². The van der Waals surface area contributed by atoms with Gasteiger partial charge in [-0.1, -0.05) is 6.58 Å². The Kier molecular flexibility index (Phi) is 8.18. The molecule has 0 saturated carbocycles. The van der Waals surface area contributed by atoms with E-state index in [9.17, 15) is 18.0 Å². The molecule has 0 spiro atoms. The summed E-state index contributed by atoms with van der Waals surface area (Å²) >= 11 is 0. The Hall–Kier alpha value is -4.55. The molecule has 0 bridgehead atoms. The van der Waals surface area contributed by atoms with Crippen LogP contribution in [0.3, 0.4) is 0 Å². The lowest BCUT2D eigenvalue weighted by molar-refractivity contribution is -0.111. The number of aromatic nitrogens is 3. The Balaban J connectivity index is 1.45. The smallest absolute Gasteiger partial charge is 0.247 e. The fraction of sp³-hybridized carbons (Fsp3) is 0.214. The van der Waals surface area contributed by atoms with Crippen LogP contribution < -0.4 is 15.4 Å². The number of halogens is 3. The Morgan fingerprint density at radius 2 is 1.88 bits per heavy atom. The fourth-order valence-electron chi connectivity index (χ4n) is 4.22. The van der Waals surface area contributed by atoms with E-state index >= 15 is 0 Å². The molecule has 4 aromatic rings. The number of benzene rings is 2. The lowest BCUT2D eigenvalue weighted by Gasteiger charge is -2.26. The number of hydrogen-bond donors (Lipinski definition) is 2. The minimum absolute atomic E-state index is 0.0226. The monoisotopic (exact) mass is 550 g/mol. The normalized spacial score (nSPS) is 13.7. The first-order valence-electron chi connectivity index (χ1n) is 12.4. The van der Waals surface area contributed by atoms with Crippen LogP contribution in [0.2, 0.25) is 0 Å². The van der Waals surface area contributed by atoms with Crippen molar-refractivity contribution in [1.29, 1.82) is 0 Å². The molecule has 2 aromatic carbocycles. The molecule has 2 N–H and O–H groups in total. The highest BCUT2D eigenvalue weighted by Crippen LogP contribution is 2.34. The van der Waals surface area contributed by atoms with E-state index in [4.69, 9.17) is 9.47 Å². The number of fused-ring (bicyclic) bond motifs is 1. The number of hydrogen-bond acceptors (Lipinski definition) is 8. The third kappa shape index (κ3) is 6.19. The number of carbonyl (C=O) groups is 1. The molecular formula is C28H25F3N6O3. The van der Waals surface area contributed by atoms with Gasteiger partial charge in [0, 0.05) is 42.7 Å². The summed E-state index contributed by atoms with van der Waals surface area (Å²) in [5.41, 5.74) is 0.896. The highest BCUT2D eigenvalue weighted by atomic mass is 19.1. The maximum absolute atomic E-state index is 14.8. The zero-order valence-corrected chi connectivity index (χ0v) is 21.3. The first-order chi connectivity index (χ1) is 19.4. The van der Waals surface area contributed by atoms with Gasteiger partial charge in [0.05, 0.1) is 36.3 Å². The minimum Gasteiger partial charge on any atom is -0.490 e. The molecule has 0 unspecified atom stereocenters. The van der Waals surface area contributed by atoms with Gasteiger partial charge < -0.3 is 20.1 Å². The standard InChI is InChI=1S/C28H25F3N6O3/c1-2-26(38)35-24-13-19-22(14-25(24)40-10-7-37-5-8-39-9-6-37)33-16-34-28(19)36-23-11-17(3-4-20(23)30)27-21(31)12-18(29)15-32-27/h2-4,11-16H,1,5-10H2,(H,35,38)(H,33,34,36). The number of rotatable bonds is 9. The van der Waals surface area contributed by atoms with Crippen LogP contribution in [-0.4, -0.2) is 65.2 Å². The summed E-state index contributed by atoms with van der Waals surface area (Å²) in [6.07, 6.45) is 3.31. The largest absolute Gasteiger partial charge is 0.490 e. The number of morpholine rings is 1. The van der Waals surface area contributed by atoms with E-state index in [2.05, 4.69) is 37.1 Å². The van der Waals surface area contributed by atoms with Crippen LogP contribution in [0, 0.1) is 17.5 Å². The predicted octanol–water partition coefficient (Wildman–Crippen LogP) is 4.69. The maximum Gasteiger partial charge on any atom is 0.247 e. The van der Waals surface area contributed by atoms with Crippen LogP contribution in [0.1, 0.15) is 0 Å². The van der Waals surface area contributed by atoms with Gasteiger partial charge >= 0.3 is 0 Å². The van der Waals surface area contributed by atoms with Crippen molar-refractivity contribution < 1.29 is 27.4 Å². The van der Waals surface area contributed by atoms with E-state index in [1.807, 2.05) is 0 Å². The number of nitrogens with zero attached hydrogens (tertiary/aromatic N) is 4. The van der Waals surface area contributed by atoms with Crippen LogP contribution in [0.15, 0.2) is 61.6 Å². The molecule has 1 fully saturated rings. The molecular weight excluding hydrogens is 525 g/mol. The van der Waals surface area contributed by atoms with Crippen LogP contribution in [-0.2, 0) is 9.53 Å². The topological polar surface area (TPSA) is 102 Å². The summed E-state index contributed by atoms with van der Waals surface area (Å²) in [7, 11) is 0. The molecule has 12 heteroatoms. The summed E-state index contributed by atoms with van der Waals surface area (Å²) in [6, 6.07) is 7.80. The second-order valence-corrected chi connectivity index (χ2v) is 8.89. The molecule has 9 nitrogen and oxygen atoms in total. The molecule has 2 aromatic heterocycles. The molecule has 1 saturated heterocycles. The molecule has 5 rings (SSSR count). The number of anilines is 3. The lowest BCUT2D eigenvalue weighted by atomic mass is 10.1. The summed E-state index contributed by atoms with van der Waals surface area (Å²) < 4.78 is 53.8. The highest BCUT2D eigenvalue weighted by Gasteiger charge is 2.17. The van der Waals surface area contributed by atoms with Gasteiger partial charge in [-0.3, -0.25) is 14.7 Å². The summed E-state index contributed by atoms with van der Waals surface area (Å²) in [5.74, 6) is -2.17. The van der Waals surface area contributed by atoms with E-state index in [0.717, 1.165) is 31.4 Å². The van der Waals surface area contributed by atoms with E-state index in [-0.39, 0.29) is 22.8 Å². The van der Waals surface area contributed by atoms with Gasteiger partial charge in [0.15, 0.2) is 5.82 Å². The fourth-order valence-corrected chi connectivity index (χ4v) is 4.22. The number of amides is 1.